The lowest BCUT2D eigenvalue weighted by atomic mass is 10.1. The lowest BCUT2D eigenvalue weighted by molar-refractivity contribution is -0.114. The number of rotatable bonds is 5. The third-order valence-corrected chi connectivity index (χ3v) is 3.64. The lowest BCUT2D eigenvalue weighted by Crippen LogP contribution is -2.27. The first-order valence-electron chi connectivity index (χ1n) is 7.60. The van der Waals surface area contributed by atoms with Crippen LogP contribution >= 0.6 is 23.2 Å². The molecule has 0 saturated heterocycles. The van der Waals surface area contributed by atoms with E-state index in [1.165, 1.54) is 0 Å². The molecule has 0 aliphatic heterocycles. The van der Waals surface area contributed by atoms with Crippen LogP contribution in [0.1, 0.15) is 20.8 Å². The third kappa shape index (κ3) is 5.62. The van der Waals surface area contributed by atoms with E-state index in [1.54, 1.807) is 18.2 Å². The fraction of sp³-hybridized carbons (Fsp3) is 0.278. The first-order valence-corrected chi connectivity index (χ1v) is 8.36. The van der Waals surface area contributed by atoms with Crippen LogP contribution < -0.4 is 16.0 Å². The van der Waals surface area contributed by atoms with Gasteiger partial charge in [-0.1, -0.05) is 35.3 Å². The molecule has 2 rings (SSSR count). The molecule has 1 amide bonds. The molecule has 6 heteroatoms. The predicted octanol–water partition coefficient (Wildman–Crippen LogP) is 5.25. The number of nitrogens with one attached hydrogen (secondary N) is 3. The van der Waals surface area contributed by atoms with E-state index in [0.717, 1.165) is 11.4 Å². The van der Waals surface area contributed by atoms with Crippen molar-refractivity contribution in [3.63, 3.8) is 0 Å². The number of halogens is 2. The monoisotopic (exact) mass is 365 g/mol. The van der Waals surface area contributed by atoms with Crippen molar-refractivity contribution >= 4 is 46.2 Å². The van der Waals surface area contributed by atoms with Crippen molar-refractivity contribution in [3.8, 4) is 0 Å². The van der Waals surface area contributed by atoms with Gasteiger partial charge in [-0.05, 0) is 51.1 Å². The highest BCUT2D eigenvalue weighted by atomic mass is 35.5. The zero-order chi connectivity index (χ0) is 17.7. The van der Waals surface area contributed by atoms with Gasteiger partial charge < -0.3 is 16.0 Å². The average Bonchev–Trinajstić information content (AvgIpc) is 2.48. The summed E-state index contributed by atoms with van der Waals surface area (Å²) in [5.41, 5.74) is 2.23. The molecule has 0 atom stereocenters. The molecule has 0 fully saturated rings. The average molecular weight is 366 g/mol. The van der Waals surface area contributed by atoms with E-state index in [-0.39, 0.29) is 18.0 Å². The minimum absolute atomic E-state index is 0.0750. The Labute approximate surface area is 152 Å². The lowest BCUT2D eigenvalue weighted by Gasteiger charge is -2.24. The molecular formula is C18H21Cl2N3O. The van der Waals surface area contributed by atoms with Gasteiger partial charge in [0.1, 0.15) is 0 Å². The quantitative estimate of drug-likeness (QED) is 0.677. The number of para-hydroxylation sites is 2. The number of carbonyl (C=O) groups excluding carboxylic acids is 1. The van der Waals surface area contributed by atoms with Crippen molar-refractivity contribution in [3.05, 3.63) is 52.5 Å². The van der Waals surface area contributed by atoms with E-state index < -0.39 is 0 Å². The Morgan fingerprint density at radius 2 is 1.67 bits per heavy atom. The number of amides is 1. The van der Waals surface area contributed by atoms with Gasteiger partial charge in [0.25, 0.3) is 0 Å². The minimum atomic E-state index is -0.204. The summed E-state index contributed by atoms with van der Waals surface area (Å²) < 4.78 is 0. The second-order valence-corrected chi connectivity index (χ2v) is 7.29. The molecule has 0 heterocycles. The topological polar surface area (TPSA) is 53.2 Å². The molecule has 3 N–H and O–H groups in total. The normalized spacial score (nSPS) is 11.0. The smallest absolute Gasteiger partial charge is 0.243 e. The summed E-state index contributed by atoms with van der Waals surface area (Å²) >= 11 is 12.0. The van der Waals surface area contributed by atoms with E-state index in [1.807, 2.05) is 24.3 Å². The van der Waals surface area contributed by atoms with Gasteiger partial charge in [-0.25, -0.2) is 0 Å². The molecule has 0 aliphatic carbocycles. The zero-order valence-corrected chi connectivity index (χ0v) is 15.4. The van der Waals surface area contributed by atoms with Gasteiger partial charge in [0.15, 0.2) is 0 Å². The highest BCUT2D eigenvalue weighted by Crippen LogP contribution is 2.26. The molecule has 4 nitrogen and oxygen atoms in total. The summed E-state index contributed by atoms with van der Waals surface area (Å²) in [5.74, 6) is -0.204. The molecule has 2 aromatic rings. The Kier molecular flexibility index (Phi) is 5.97. The zero-order valence-electron chi connectivity index (χ0n) is 13.9. The Hall–Kier alpha value is -1.91. The Morgan fingerprint density at radius 3 is 2.33 bits per heavy atom. The number of hydrogen-bond acceptors (Lipinski definition) is 3. The Morgan fingerprint density at radius 1 is 1.00 bits per heavy atom. The third-order valence-electron chi connectivity index (χ3n) is 3.08. The maximum absolute atomic E-state index is 12.2. The van der Waals surface area contributed by atoms with Crippen LogP contribution in [0.5, 0.6) is 0 Å². The van der Waals surface area contributed by atoms with Gasteiger partial charge in [0.05, 0.1) is 28.6 Å². The van der Waals surface area contributed by atoms with E-state index in [2.05, 4.69) is 36.7 Å². The Balaban J connectivity index is 2.01. The van der Waals surface area contributed by atoms with Gasteiger partial charge in [0.2, 0.25) is 5.91 Å². The van der Waals surface area contributed by atoms with Crippen LogP contribution in [-0.4, -0.2) is 18.0 Å². The van der Waals surface area contributed by atoms with Crippen LogP contribution in [-0.2, 0) is 4.79 Å². The number of anilines is 3. The van der Waals surface area contributed by atoms with Gasteiger partial charge >= 0.3 is 0 Å². The molecule has 2 aromatic carbocycles. The molecule has 24 heavy (non-hydrogen) atoms. The van der Waals surface area contributed by atoms with Crippen molar-refractivity contribution in [2.75, 3.05) is 22.5 Å². The van der Waals surface area contributed by atoms with E-state index in [0.29, 0.717) is 15.7 Å². The van der Waals surface area contributed by atoms with E-state index in [9.17, 15) is 4.79 Å². The van der Waals surface area contributed by atoms with Crippen LogP contribution in [0.15, 0.2) is 42.5 Å². The molecule has 0 unspecified atom stereocenters. The molecule has 0 spiro atoms. The molecule has 128 valence electrons. The maximum atomic E-state index is 12.2. The Bertz CT molecular complexity index is 726. The van der Waals surface area contributed by atoms with E-state index >= 15 is 0 Å². The second-order valence-electron chi connectivity index (χ2n) is 6.45. The molecule has 0 saturated carbocycles. The van der Waals surface area contributed by atoms with Crippen molar-refractivity contribution < 1.29 is 4.79 Å². The summed E-state index contributed by atoms with van der Waals surface area (Å²) in [5, 5.41) is 10.3. The first kappa shape index (κ1) is 18.4. The first-order chi connectivity index (χ1) is 11.2. The van der Waals surface area contributed by atoms with Crippen molar-refractivity contribution in [2.24, 2.45) is 0 Å². The highest BCUT2D eigenvalue weighted by Gasteiger charge is 2.12. The SMILES string of the molecule is CC(C)(C)Nc1ccccc1NCC(=O)Nc1cc(Cl)ccc1Cl. The largest absolute Gasteiger partial charge is 0.379 e. The number of benzene rings is 2. The molecule has 0 aliphatic rings. The summed E-state index contributed by atoms with van der Waals surface area (Å²) in [6.45, 7) is 6.36. The highest BCUT2D eigenvalue weighted by molar-refractivity contribution is 6.35. The molecule has 0 aromatic heterocycles. The van der Waals surface area contributed by atoms with E-state index in [4.69, 9.17) is 23.2 Å². The molecular weight excluding hydrogens is 345 g/mol. The number of carbonyl (C=O) groups is 1. The summed E-state index contributed by atoms with van der Waals surface area (Å²) in [6.07, 6.45) is 0. The second kappa shape index (κ2) is 7.77. The van der Waals surface area contributed by atoms with Crippen molar-refractivity contribution in [1.82, 2.24) is 0 Å². The van der Waals surface area contributed by atoms with Gasteiger partial charge in [-0.3, -0.25) is 4.79 Å². The minimum Gasteiger partial charge on any atom is -0.379 e. The van der Waals surface area contributed by atoms with Crippen LogP contribution in [0.4, 0.5) is 17.1 Å². The molecule has 0 radical (unpaired) electrons. The summed E-state index contributed by atoms with van der Waals surface area (Å²) in [4.78, 5) is 12.2. The van der Waals surface area contributed by atoms with Crippen LogP contribution in [0, 0.1) is 0 Å². The summed E-state index contributed by atoms with van der Waals surface area (Å²) in [7, 11) is 0. The van der Waals surface area contributed by atoms with Crippen LogP contribution in [0.3, 0.4) is 0 Å². The van der Waals surface area contributed by atoms with Crippen LogP contribution in [0.25, 0.3) is 0 Å². The van der Waals surface area contributed by atoms with Gasteiger partial charge in [0, 0.05) is 10.6 Å². The van der Waals surface area contributed by atoms with Crippen molar-refractivity contribution in [1.29, 1.82) is 0 Å². The van der Waals surface area contributed by atoms with Gasteiger partial charge in [-0.2, -0.15) is 0 Å². The molecule has 0 bridgehead atoms. The van der Waals surface area contributed by atoms with Crippen molar-refractivity contribution in [2.45, 2.75) is 26.3 Å². The predicted molar refractivity (Wildman–Crippen MR) is 103 cm³/mol. The summed E-state index contributed by atoms with van der Waals surface area (Å²) in [6, 6.07) is 12.7. The fourth-order valence-corrected chi connectivity index (χ4v) is 2.45. The van der Waals surface area contributed by atoms with Crippen LogP contribution in [0.2, 0.25) is 10.0 Å². The number of hydrogen-bond donors (Lipinski definition) is 3. The standard InChI is InChI=1S/C18H21Cl2N3O/c1-18(2,3)23-15-7-5-4-6-14(15)21-11-17(24)22-16-10-12(19)8-9-13(16)20/h4-10,21,23H,11H2,1-3H3,(H,22,24). The fourth-order valence-electron chi connectivity index (χ4n) is 2.11. The van der Waals surface area contributed by atoms with Gasteiger partial charge in [-0.15, -0.1) is 0 Å². The maximum Gasteiger partial charge on any atom is 0.243 e.